The number of aliphatic hydroxyl groups is 1. The molecule has 22 heavy (non-hydrogen) atoms. The smallest absolute Gasteiger partial charge is 0.137 e. The summed E-state index contributed by atoms with van der Waals surface area (Å²) in [4.78, 5) is 7.16. The van der Waals surface area contributed by atoms with Crippen molar-refractivity contribution in [2.75, 3.05) is 26.3 Å². The summed E-state index contributed by atoms with van der Waals surface area (Å²) in [7, 11) is 0. The maximum Gasteiger partial charge on any atom is 0.137 e. The summed E-state index contributed by atoms with van der Waals surface area (Å²) < 4.78 is 7.93. The van der Waals surface area contributed by atoms with Gasteiger partial charge in [0.15, 0.2) is 0 Å². The fourth-order valence-corrected chi connectivity index (χ4v) is 3.05. The van der Waals surface area contributed by atoms with Crippen LogP contribution in [-0.4, -0.2) is 51.8 Å². The van der Waals surface area contributed by atoms with E-state index < -0.39 is 0 Å². The van der Waals surface area contributed by atoms with Crippen molar-refractivity contribution >= 4 is 5.65 Å². The molecular weight excluding hydrogens is 278 g/mol. The number of hydrogen-bond donors (Lipinski definition) is 1. The fourth-order valence-electron chi connectivity index (χ4n) is 3.05. The lowest BCUT2D eigenvalue weighted by atomic mass is 10.1. The minimum absolute atomic E-state index is 0.214. The van der Waals surface area contributed by atoms with Crippen LogP contribution >= 0.6 is 0 Å². The number of aliphatic hydroxyl groups excluding tert-OH is 1. The zero-order valence-corrected chi connectivity index (χ0v) is 13.2. The fraction of sp³-hybridized carbons (Fsp3) is 0.588. The number of aryl methyl sites for hydroxylation is 1. The summed E-state index contributed by atoms with van der Waals surface area (Å²) in [6.07, 6.45) is 5.37. The van der Waals surface area contributed by atoms with Gasteiger partial charge in [-0.1, -0.05) is 6.07 Å². The predicted molar refractivity (Wildman–Crippen MR) is 85.9 cm³/mol. The molecule has 0 aliphatic carbocycles. The monoisotopic (exact) mass is 303 g/mol. The first-order valence-corrected chi connectivity index (χ1v) is 8.14. The molecule has 120 valence electrons. The van der Waals surface area contributed by atoms with Crippen molar-refractivity contribution in [2.45, 2.75) is 38.8 Å². The molecule has 0 saturated carbocycles. The molecule has 1 aliphatic rings. The number of piperidine rings is 1. The summed E-state index contributed by atoms with van der Waals surface area (Å²) in [5, 5.41) is 8.78. The Hall–Kier alpha value is -1.43. The molecule has 3 heterocycles. The van der Waals surface area contributed by atoms with Crippen molar-refractivity contribution in [1.29, 1.82) is 0 Å². The second-order valence-electron chi connectivity index (χ2n) is 6.05. The number of rotatable bonds is 6. The number of fused-ring (bicyclic) bond motifs is 1. The van der Waals surface area contributed by atoms with Crippen LogP contribution in [0.15, 0.2) is 24.4 Å². The second-order valence-corrected chi connectivity index (χ2v) is 6.05. The van der Waals surface area contributed by atoms with Crippen LogP contribution in [0.4, 0.5) is 0 Å². The van der Waals surface area contributed by atoms with Crippen molar-refractivity contribution in [1.82, 2.24) is 14.3 Å². The van der Waals surface area contributed by atoms with Crippen LogP contribution in [0.2, 0.25) is 0 Å². The molecule has 2 aromatic heterocycles. The normalized spacial score (nSPS) is 17.4. The maximum atomic E-state index is 8.78. The summed E-state index contributed by atoms with van der Waals surface area (Å²) >= 11 is 0. The molecule has 2 aromatic rings. The van der Waals surface area contributed by atoms with E-state index in [-0.39, 0.29) is 6.61 Å². The molecule has 0 spiro atoms. The van der Waals surface area contributed by atoms with Gasteiger partial charge in [0.1, 0.15) is 5.65 Å². The predicted octanol–water partition coefficient (Wildman–Crippen LogP) is 2.01. The number of ether oxygens (including phenoxy) is 1. The Balaban J connectivity index is 1.52. The quantitative estimate of drug-likeness (QED) is 0.829. The third kappa shape index (κ3) is 3.66. The number of likely N-dealkylation sites (tertiary alicyclic amines) is 1. The number of hydrogen-bond acceptors (Lipinski definition) is 4. The first kappa shape index (κ1) is 15.5. The maximum absolute atomic E-state index is 8.78. The number of imidazole rings is 1. The molecule has 0 amide bonds. The summed E-state index contributed by atoms with van der Waals surface area (Å²) in [6, 6.07) is 6.21. The topological polar surface area (TPSA) is 50.0 Å². The highest BCUT2D eigenvalue weighted by Crippen LogP contribution is 2.17. The average molecular weight is 303 g/mol. The van der Waals surface area contributed by atoms with Crippen molar-refractivity contribution in [3.63, 3.8) is 0 Å². The van der Waals surface area contributed by atoms with E-state index >= 15 is 0 Å². The Labute approximate surface area is 131 Å². The molecule has 0 unspecified atom stereocenters. The third-order valence-electron chi connectivity index (χ3n) is 4.32. The Morgan fingerprint density at radius 2 is 2.14 bits per heavy atom. The van der Waals surface area contributed by atoms with Crippen molar-refractivity contribution in [3.05, 3.63) is 35.8 Å². The van der Waals surface area contributed by atoms with Crippen LogP contribution < -0.4 is 0 Å². The Morgan fingerprint density at radius 3 is 2.86 bits per heavy atom. The zero-order chi connectivity index (χ0) is 15.4. The van der Waals surface area contributed by atoms with Gasteiger partial charge in [-0.15, -0.1) is 0 Å². The average Bonchev–Trinajstić information content (AvgIpc) is 2.93. The summed E-state index contributed by atoms with van der Waals surface area (Å²) in [6.45, 7) is 6.00. The Kier molecular flexibility index (Phi) is 5.08. The molecule has 5 nitrogen and oxygen atoms in total. The summed E-state index contributed by atoms with van der Waals surface area (Å²) in [5.41, 5.74) is 3.37. The lowest BCUT2D eigenvalue weighted by Gasteiger charge is -2.31. The van der Waals surface area contributed by atoms with Gasteiger partial charge in [0.25, 0.3) is 0 Å². The Bertz CT molecular complexity index is 603. The SMILES string of the molecule is Cc1cccc2nc(CN3CCC(OCCCO)CC3)cn12. The lowest BCUT2D eigenvalue weighted by molar-refractivity contribution is 0.000600. The van der Waals surface area contributed by atoms with Crippen LogP contribution in [-0.2, 0) is 11.3 Å². The molecule has 3 rings (SSSR count). The lowest BCUT2D eigenvalue weighted by Crippen LogP contribution is -2.36. The molecule has 0 atom stereocenters. The number of pyridine rings is 1. The molecule has 0 bridgehead atoms. The minimum atomic E-state index is 0.214. The molecule has 1 fully saturated rings. The van der Waals surface area contributed by atoms with Crippen LogP contribution in [0.5, 0.6) is 0 Å². The van der Waals surface area contributed by atoms with Gasteiger partial charge in [-0.25, -0.2) is 4.98 Å². The first-order valence-electron chi connectivity index (χ1n) is 8.14. The summed E-state index contributed by atoms with van der Waals surface area (Å²) in [5.74, 6) is 0. The largest absolute Gasteiger partial charge is 0.396 e. The second kappa shape index (κ2) is 7.22. The van der Waals surface area contributed by atoms with E-state index in [0.29, 0.717) is 12.7 Å². The molecule has 1 N–H and O–H groups in total. The highest BCUT2D eigenvalue weighted by molar-refractivity contribution is 5.41. The first-order chi connectivity index (χ1) is 10.8. The van der Waals surface area contributed by atoms with E-state index in [1.807, 2.05) is 0 Å². The highest BCUT2D eigenvalue weighted by Gasteiger charge is 2.20. The number of nitrogens with zero attached hydrogens (tertiary/aromatic N) is 3. The van der Waals surface area contributed by atoms with Gasteiger partial charge < -0.3 is 14.2 Å². The van der Waals surface area contributed by atoms with Crippen LogP contribution in [0.1, 0.15) is 30.7 Å². The van der Waals surface area contributed by atoms with E-state index in [1.165, 1.54) is 5.69 Å². The van der Waals surface area contributed by atoms with Gasteiger partial charge in [0.2, 0.25) is 0 Å². The molecule has 0 radical (unpaired) electrons. The van der Waals surface area contributed by atoms with Gasteiger partial charge in [-0.2, -0.15) is 0 Å². The van der Waals surface area contributed by atoms with E-state index in [1.54, 1.807) is 0 Å². The molecular formula is C17H25N3O2. The van der Waals surface area contributed by atoms with Crippen molar-refractivity contribution in [3.8, 4) is 0 Å². The van der Waals surface area contributed by atoms with Gasteiger partial charge >= 0.3 is 0 Å². The van der Waals surface area contributed by atoms with E-state index in [9.17, 15) is 0 Å². The van der Waals surface area contributed by atoms with Gasteiger partial charge in [-0.05, 0) is 38.3 Å². The third-order valence-corrected chi connectivity index (χ3v) is 4.32. The molecule has 1 saturated heterocycles. The molecule has 0 aromatic carbocycles. The van der Waals surface area contributed by atoms with Gasteiger partial charge in [0.05, 0.1) is 11.8 Å². The molecule has 1 aliphatic heterocycles. The van der Waals surface area contributed by atoms with Crippen molar-refractivity contribution < 1.29 is 9.84 Å². The van der Waals surface area contributed by atoms with Crippen molar-refractivity contribution in [2.24, 2.45) is 0 Å². The minimum Gasteiger partial charge on any atom is -0.396 e. The zero-order valence-electron chi connectivity index (χ0n) is 13.2. The van der Waals surface area contributed by atoms with E-state index in [0.717, 1.165) is 50.2 Å². The van der Waals surface area contributed by atoms with E-state index in [4.69, 9.17) is 14.8 Å². The van der Waals surface area contributed by atoms with Crippen LogP contribution in [0, 0.1) is 6.92 Å². The Morgan fingerprint density at radius 1 is 1.32 bits per heavy atom. The van der Waals surface area contributed by atoms with Gasteiger partial charge in [-0.3, -0.25) is 4.90 Å². The van der Waals surface area contributed by atoms with Gasteiger partial charge in [0, 0.05) is 44.7 Å². The van der Waals surface area contributed by atoms with Crippen LogP contribution in [0.25, 0.3) is 5.65 Å². The molecule has 5 heteroatoms. The standard InChI is InChI=1S/C17H25N3O2/c1-14-4-2-5-17-18-15(13-20(14)17)12-19-8-6-16(7-9-19)22-11-3-10-21/h2,4-5,13,16,21H,3,6-12H2,1H3. The highest BCUT2D eigenvalue weighted by atomic mass is 16.5. The number of aromatic nitrogens is 2. The van der Waals surface area contributed by atoms with Crippen LogP contribution in [0.3, 0.4) is 0 Å². The van der Waals surface area contributed by atoms with E-state index in [2.05, 4.69) is 40.6 Å².